The molecule has 3 nitrogen and oxygen atoms in total. The third kappa shape index (κ3) is 2.77. The first kappa shape index (κ1) is 11.1. The molecule has 1 heterocycles. The van der Waals surface area contributed by atoms with Crippen LogP contribution < -0.4 is 5.32 Å². The minimum absolute atomic E-state index is 0.538. The Morgan fingerprint density at radius 2 is 2.29 bits per heavy atom. The van der Waals surface area contributed by atoms with Gasteiger partial charge in [-0.05, 0) is 13.0 Å². The Morgan fingerprint density at radius 3 is 2.71 bits per heavy atom. The van der Waals surface area contributed by atoms with Crippen LogP contribution in [0, 0.1) is 0 Å². The number of hydrogen-bond donors (Lipinski definition) is 1. The first-order valence-electron chi connectivity index (χ1n) is 4.65. The molecule has 0 amide bonds. The van der Waals surface area contributed by atoms with Crippen molar-refractivity contribution in [2.24, 2.45) is 7.05 Å². The molecule has 0 saturated heterocycles. The van der Waals surface area contributed by atoms with Gasteiger partial charge in [-0.25, -0.2) is 8.78 Å². The van der Waals surface area contributed by atoms with Gasteiger partial charge in [0.15, 0.2) is 0 Å². The highest BCUT2D eigenvalue weighted by molar-refractivity contribution is 5.11. The zero-order valence-electron chi connectivity index (χ0n) is 8.37. The first-order chi connectivity index (χ1) is 6.65. The summed E-state index contributed by atoms with van der Waals surface area (Å²) in [5.41, 5.74) is 0.538. The summed E-state index contributed by atoms with van der Waals surface area (Å²) in [6.07, 6.45) is 1.52. The van der Waals surface area contributed by atoms with Crippen molar-refractivity contribution in [3.05, 3.63) is 18.0 Å². The van der Waals surface area contributed by atoms with Gasteiger partial charge in [0.1, 0.15) is 0 Å². The Hall–Kier alpha value is -0.970. The molecule has 0 bridgehead atoms. The fourth-order valence-electron chi connectivity index (χ4n) is 1.25. The van der Waals surface area contributed by atoms with Crippen LogP contribution in [0.1, 0.15) is 24.9 Å². The summed E-state index contributed by atoms with van der Waals surface area (Å²) in [4.78, 5) is 0. The molecule has 14 heavy (non-hydrogen) atoms. The van der Waals surface area contributed by atoms with E-state index in [0.717, 1.165) is 6.42 Å². The molecule has 1 unspecified atom stereocenters. The van der Waals surface area contributed by atoms with E-state index in [0.29, 0.717) is 12.1 Å². The predicted octanol–water partition coefficient (Wildman–Crippen LogP) is 1.73. The molecule has 1 aromatic heterocycles. The van der Waals surface area contributed by atoms with Crippen LogP contribution >= 0.6 is 0 Å². The van der Waals surface area contributed by atoms with E-state index in [1.807, 2.05) is 6.92 Å². The largest absolute Gasteiger partial charge is 0.305 e. The summed E-state index contributed by atoms with van der Waals surface area (Å²) in [7, 11) is 1.71. The highest BCUT2D eigenvalue weighted by Gasteiger charge is 2.22. The lowest BCUT2D eigenvalue weighted by Gasteiger charge is -2.15. The van der Waals surface area contributed by atoms with Crippen LogP contribution in [0.5, 0.6) is 0 Å². The standard InChI is InChI=1S/C9H15F2N3/c1-3-4-12-8(9(10)11)7-5-13-14(2)6-7/h5-6,8-9,12H,3-4H2,1-2H3. The van der Waals surface area contributed by atoms with Crippen molar-refractivity contribution in [3.8, 4) is 0 Å². The first-order valence-corrected chi connectivity index (χ1v) is 4.65. The van der Waals surface area contributed by atoms with Gasteiger partial charge in [0, 0.05) is 18.8 Å². The van der Waals surface area contributed by atoms with Gasteiger partial charge in [0.05, 0.1) is 12.2 Å². The fraction of sp³-hybridized carbons (Fsp3) is 0.667. The average Bonchev–Trinajstić information content (AvgIpc) is 2.52. The highest BCUT2D eigenvalue weighted by Crippen LogP contribution is 2.19. The molecule has 1 rings (SSSR count). The van der Waals surface area contributed by atoms with Crippen molar-refractivity contribution in [1.82, 2.24) is 15.1 Å². The summed E-state index contributed by atoms with van der Waals surface area (Å²) in [5, 5.41) is 6.67. The topological polar surface area (TPSA) is 29.9 Å². The number of aromatic nitrogens is 2. The zero-order chi connectivity index (χ0) is 10.6. The maximum atomic E-state index is 12.6. The summed E-state index contributed by atoms with van der Waals surface area (Å²) in [6, 6.07) is -0.899. The minimum Gasteiger partial charge on any atom is -0.305 e. The Kier molecular flexibility index (Phi) is 4.00. The lowest BCUT2D eigenvalue weighted by Crippen LogP contribution is -2.27. The molecule has 0 spiro atoms. The fourth-order valence-corrected chi connectivity index (χ4v) is 1.25. The van der Waals surface area contributed by atoms with Crippen LogP contribution in [0.3, 0.4) is 0 Å². The third-order valence-electron chi connectivity index (χ3n) is 1.95. The van der Waals surface area contributed by atoms with E-state index in [9.17, 15) is 8.78 Å². The van der Waals surface area contributed by atoms with Crippen molar-refractivity contribution in [2.75, 3.05) is 6.54 Å². The van der Waals surface area contributed by atoms with E-state index in [-0.39, 0.29) is 0 Å². The number of aryl methyl sites for hydroxylation is 1. The molecule has 0 saturated carbocycles. The maximum Gasteiger partial charge on any atom is 0.257 e. The Balaban J connectivity index is 2.67. The summed E-state index contributed by atoms with van der Waals surface area (Å²) in [5.74, 6) is 0. The number of halogens is 2. The minimum atomic E-state index is -2.40. The van der Waals surface area contributed by atoms with E-state index >= 15 is 0 Å². The quantitative estimate of drug-likeness (QED) is 0.789. The lowest BCUT2D eigenvalue weighted by atomic mass is 10.1. The number of nitrogens with one attached hydrogen (secondary N) is 1. The van der Waals surface area contributed by atoms with Crippen molar-refractivity contribution < 1.29 is 8.78 Å². The maximum absolute atomic E-state index is 12.6. The molecule has 0 aliphatic heterocycles. The number of rotatable bonds is 5. The van der Waals surface area contributed by atoms with Gasteiger partial charge in [-0.3, -0.25) is 4.68 Å². The molecule has 1 aromatic rings. The van der Waals surface area contributed by atoms with E-state index in [1.165, 1.54) is 10.9 Å². The molecule has 0 aliphatic carbocycles. The van der Waals surface area contributed by atoms with Gasteiger partial charge < -0.3 is 5.32 Å². The van der Waals surface area contributed by atoms with Gasteiger partial charge >= 0.3 is 0 Å². The average molecular weight is 203 g/mol. The molecule has 0 fully saturated rings. The molecule has 0 radical (unpaired) electrons. The molecule has 1 N–H and O–H groups in total. The van der Waals surface area contributed by atoms with Crippen molar-refractivity contribution in [2.45, 2.75) is 25.8 Å². The van der Waals surface area contributed by atoms with Crippen LogP contribution in [-0.2, 0) is 7.05 Å². The van der Waals surface area contributed by atoms with E-state index in [4.69, 9.17) is 0 Å². The second-order valence-corrected chi connectivity index (χ2v) is 3.21. The number of alkyl halides is 2. The summed E-state index contributed by atoms with van der Waals surface area (Å²) < 4.78 is 26.8. The van der Waals surface area contributed by atoms with Crippen LogP contribution in [-0.4, -0.2) is 22.8 Å². The smallest absolute Gasteiger partial charge is 0.257 e. The monoisotopic (exact) mass is 203 g/mol. The van der Waals surface area contributed by atoms with Gasteiger partial charge in [-0.15, -0.1) is 0 Å². The van der Waals surface area contributed by atoms with Crippen molar-refractivity contribution in [1.29, 1.82) is 0 Å². The van der Waals surface area contributed by atoms with Gasteiger partial charge in [0.25, 0.3) is 6.43 Å². The van der Waals surface area contributed by atoms with E-state index < -0.39 is 12.5 Å². The van der Waals surface area contributed by atoms with E-state index in [1.54, 1.807) is 13.2 Å². The van der Waals surface area contributed by atoms with Crippen molar-refractivity contribution >= 4 is 0 Å². The van der Waals surface area contributed by atoms with Gasteiger partial charge in [-0.2, -0.15) is 5.10 Å². The van der Waals surface area contributed by atoms with Gasteiger partial charge in [-0.1, -0.05) is 6.92 Å². The number of hydrogen-bond acceptors (Lipinski definition) is 2. The zero-order valence-corrected chi connectivity index (χ0v) is 8.37. The molecular formula is C9H15F2N3. The SMILES string of the molecule is CCCNC(c1cnn(C)c1)C(F)F. The second-order valence-electron chi connectivity index (χ2n) is 3.21. The molecule has 5 heteroatoms. The lowest BCUT2D eigenvalue weighted by molar-refractivity contribution is 0.0985. The Labute approximate surface area is 82.1 Å². The Bertz CT molecular complexity index is 273. The van der Waals surface area contributed by atoms with Crippen LogP contribution in [0.4, 0.5) is 8.78 Å². The van der Waals surface area contributed by atoms with E-state index in [2.05, 4.69) is 10.4 Å². The molecule has 80 valence electrons. The molecule has 0 aromatic carbocycles. The number of nitrogens with zero attached hydrogens (tertiary/aromatic N) is 2. The normalized spacial score (nSPS) is 13.5. The third-order valence-corrected chi connectivity index (χ3v) is 1.95. The van der Waals surface area contributed by atoms with Crippen molar-refractivity contribution in [3.63, 3.8) is 0 Å². The second kappa shape index (κ2) is 5.05. The van der Waals surface area contributed by atoms with Crippen LogP contribution in [0.25, 0.3) is 0 Å². The van der Waals surface area contributed by atoms with Crippen LogP contribution in [0.15, 0.2) is 12.4 Å². The van der Waals surface area contributed by atoms with Gasteiger partial charge in [0.2, 0.25) is 0 Å². The molecular weight excluding hydrogens is 188 g/mol. The summed E-state index contributed by atoms with van der Waals surface area (Å²) >= 11 is 0. The van der Waals surface area contributed by atoms with Crippen LogP contribution in [0.2, 0.25) is 0 Å². The summed E-state index contributed by atoms with van der Waals surface area (Å²) in [6.45, 7) is 2.53. The molecule has 1 atom stereocenters. The Morgan fingerprint density at radius 1 is 1.57 bits per heavy atom. The predicted molar refractivity (Wildman–Crippen MR) is 50.2 cm³/mol. The molecule has 0 aliphatic rings. The highest BCUT2D eigenvalue weighted by atomic mass is 19.3.